The number of benzene rings is 2. The Kier molecular flexibility index (Phi) is 5.80. The average Bonchev–Trinajstić information content (AvgIpc) is 2.42. The van der Waals surface area contributed by atoms with Crippen molar-refractivity contribution in [2.24, 2.45) is 5.84 Å². The number of nitrogens with one attached hydrogen (secondary N) is 1. The second-order valence-corrected chi connectivity index (χ2v) is 6.84. The van der Waals surface area contributed by atoms with Crippen molar-refractivity contribution >= 4 is 50.1 Å². The van der Waals surface area contributed by atoms with Gasteiger partial charge in [0.2, 0.25) is 0 Å². The zero-order valence-electron chi connectivity index (χ0n) is 10.3. The maximum atomic E-state index is 13.8. The van der Waals surface area contributed by atoms with Crippen LogP contribution in [0.15, 0.2) is 40.9 Å². The predicted molar refractivity (Wildman–Crippen MR) is 92.0 cm³/mol. The summed E-state index contributed by atoms with van der Waals surface area (Å²) in [6, 6.07) is 10.3. The molecule has 2 rings (SSSR count). The van der Waals surface area contributed by atoms with Crippen molar-refractivity contribution in [3.05, 3.63) is 66.4 Å². The van der Waals surface area contributed by atoms with Gasteiger partial charge in [-0.15, -0.1) is 0 Å². The van der Waals surface area contributed by atoms with E-state index in [4.69, 9.17) is 17.4 Å². The Balaban J connectivity index is 2.33. The van der Waals surface area contributed by atoms with E-state index in [2.05, 4.69) is 43.9 Å². The molecule has 6 heteroatoms. The third kappa shape index (κ3) is 3.92. The molecular weight excluding hydrogens is 457 g/mol. The summed E-state index contributed by atoms with van der Waals surface area (Å²) in [6.45, 7) is 0. The fourth-order valence-electron chi connectivity index (χ4n) is 1.96. The van der Waals surface area contributed by atoms with Gasteiger partial charge in [0.15, 0.2) is 0 Å². The van der Waals surface area contributed by atoms with Crippen LogP contribution in [-0.4, -0.2) is 0 Å². The van der Waals surface area contributed by atoms with Crippen LogP contribution in [0.4, 0.5) is 4.39 Å². The smallest absolute Gasteiger partial charge is 0.126 e. The molecule has 0 aliphatic carbocycles. The van der Waals surface area contributed by atoms with E-state index in [0.717, 1.165) is 13.6 Å². The summed E-state index contributed by atoms with van der Waals surface area (Å²) in [6.07, 6.45) is 0.443. The van der Waals surface area contributed by atoms with Gasteiger partial charge in [0.1, 0.15) is 5.82 Å². The lowest BCUT2D eigenvalue weighted by atomic mass is 9.99. The molecule has 2 aromatic rings. The number of nitrogens with two attached hydrogens (primary N) is 1. The van der Waals surface area contributed by atoms with E-state index in [0.29, 0.717) is 17.0 Å². The standard InChI is InChI=1S/C14H12BrClFIN2/c15-9-1-3-12(17)8(5-9)6-14(20-19)11-7-10(16)2-4-13(11)18/h1-5,7,14,20H,6,19H2. The van der Waals surface area contributed by atoms with Gasteiger partial charge in [-0.2, -0.15) is 0 Å². The number of hydrogen-bond donors (Lipinski definition) is 2. The molecule has 0 aromatic heterocycles. The highest BCUT2D eigenvalue weighted by molar-refractivity contribution is 14.1. The van der Waals surface area contributed by atoms with E-state index in [1.807, 2.05) is 18.2 Å². The van der Waals surface area contributed by atoms with Crippen molar-refractivity contribution in [1.29, 1.82) is 0 Å². The van der Waals surface area contributed by atoms with E-state index >= 15 is 0 Å². The summed E-state index contributed by atoms with van der Waals surface area (Å²) < 4.78 is 15.7. The van der Waals surface area contributed by atoms with Gasteiger partial charge in [-0.05, 0) is 76.5 Å². The first-order valence-electron chi connectivity index (χ1n) is 5.86. The Labute approximate surface area is 144 Å². The monoisotopic (exact) mass is 468 g/mol. The fourth-order valence-corrected chi connectivity index (χ4v) is 3.26. The van der Waals surface area contributed by atoms with Gasteiger partial charge in [-0.25, -0.2) is 4.39 Å². The zero-order chi connectivity index (χ0) is 14.7. The minimum absolute atomic E-state index is 0.204. The summed E-state index contributed by atoms with van der Waals surface area (Å²) in [5.41, 5.74) is 4.29. The van der Waals surface area contributed by atoms with E-state index in [-0.39, 0.29) is 11.9 Å². The van der Waals surface area contributed by atoms with Crippen LogP contribution in [0.2, 0.25) is 5.02 Å². The van der Waals surface area contributed by atoms with Crippen LogP contribution >= 0.6 is 50.1 Å². The molecule has 0 fully saturated rings. The average molecular weight is 470 g/mol. The van der Waals surface area contributed by atoms with Crippen LogP contribution in [0.3, 0.4) is 0 Å². The molecule has 3 N–H and O–H groups in total. The number of hydrogen-bond acceptors (Lipinski definition) is 2. The molecule has 0 heterocycles. The number of hydrazine groups is 1. The lowest BCUT2D eigenvalue weighted by Crippen LogP contribution is -2.30. The fraction of sp³-hybridized carbons (Fsp3) is 0.143. The SMILES string of the molecule is NNC(Cc1cc(Br)ccc1F)c1cc(Cl)ccc1I. The second kappa shape index (κ2) is 7.17. The minimum Gasteiger partial charge on any atom is -0.271 e. The van der Waals surface area contributed by atoms with Crippen LogP contribution in [0.5, 0.6) is 0 Å². The molecule has 0 saturated heterocycles. The molecule has 0 saturated carbocycles. The summed E-state index contributed by atoms with van der Waals surface area (Å²) in [7, 11) is 0. The highest BCUT2D eigenvalue weighted by Gasteiger charge is 2.16. The van der Waals surface area contributed by atoms with E-state index < -0.39 is 0 Å². The lowest BCUT2D eigenvalue weighted by molar-refractivity contribution is 0.527. The van der Waals surface area contributed by atoms with E-state index in [1.165, 1.54) is 6.07 Å². The first-order valence-corrected chi connectivity index (χ1v) is 8.11. The van der Waals surface area contributed by atoms with Crippen LogP contribution in [0, 0.1) is 9.39 Å². The van der Waals surface area contributed by atoms with Crippen molar-refractivity contribution in [3.63, 3.8) is 0 Å². The molecule has 0 radical (unpaired) electrons. The van der Waals surface area contributed by atoms with Crippen LogP contribution in [0.1, 0.15) is 17.2 Å². The highest BCUT2D eigenvalue weighted by atomic mass is 127. The van der Waals surface area contributed by atoms with Crippen LogP contribution in [-0.2, 0) is 6.42 Å². The van der Waals surface area contributed by atoms with Crippen molar-refractivity contribution < 1.29 is 4.39 Å². The summed E-state index contributed by atoms with van der Waals surface area (Å²) >= 11 is 11.6. The maximum Gasteiger partial charge on any atom is 0.126 e. The lowest BCUT2D eigenvalue weighted by Gasteiger charge is -2.19. The molecule has 106 valence electrons. The third-order valence-corrected chi connectivity index (χ3v) is 4.68. The van der Waals surface area contributed by atoms with Gasteiger partial charge in [0.25, 0.3) is 0 Å². The van der Waals surface area contributed by atoms with Crippen molar-refractivity contribution in [3.8, 4) is 0 Å². The molecule has 0 aliphatic rings. The molecule has 20 heavy (non-hydrogen) atoms. The second-order valence-electron chi connectivity index (χ2n) is 4.32. The maximum absolute atomic E-state index is 13.8. The predicted octanol–water partition coefficient (Wildman–Crippen LogP) is 4.59. The van der Waals surface area contributed by atoms with Gasteiger partial charge < -0.3 is 0 Å². The van der Waals surface area contributed by atoms with Crippen LogP contribution < -0.4 is 11.3 Å². The Bertz CT molecular complexity index is 624. The quantitative estimate of drug-likeness (QED) is 0.391. The highest BCUT2D eigenvalue weighted by Crippen LogP contribution is 2.27. The Morgan fingerprint density at radius 3 is 2.75 bits per heavy atom. The van der Waals surface area contributed by atoms with E-state index in [1.54, 1.807) is 12.1 Å². The molecule has 1 unspecified atom stereocenters. The normalized spacial score (nSPS) is 12.4. The van der Waals surface area contributed by atoms with E-state index in [9.17, 15) is 4.39 Å². The van der Waals surface area contributed by atoms with Gasteiger partial charge in [-0.3, -0.25) is 11.3 Å². The molecule has 2 nitrogen and oxygen atoms in total. The van der Waals surface area contributed by atoms with Gasteiger partial charge in [0.05, 0.1) is 6.04 Å². The van der Waals surface area contributed by atoms with Crippen molar-refractivity contribution in [2.45, 2.75) is 12.5 Å². The molecule has 0 amide bonds. The zero-order valence-corrected chi connectivity index (χ0v) is 14.8. The largest absolute Gasteiger partial charge is 0.271 e. The van der Waals surface area contributed by atoms with Gasteiger partial charge >= 0.3 is 0 Å². The number of halogens is 4. The number of rotatable bonds is 4. The Hall–Kier alpha value is -0.210. The summed E-state index contributed by atoms with van der Waals surface area (Å²) in [4.78, 5) is 0. The van der Waals surface area contributed by atoms with Crippen molar-refractivity contribution in [1.82, 2.24) is 5.43 Å². The molecule has 1 atom stereocenters. The topological polar surface area (TPSA) is 38.0 Å². The summed E-state index contributed by atoms with van der Waals surface area (Å²) in [5.74, 6) is 5.38. The molecule has 0 aliphatic heterocycles. The van der Waals surface area contributed by atoms with Gasteiger partial charge in [-0.1, -0.05) is 27.5 Å². The first kappa shape index (κ1) is 16.2. The Morgan fingerprint density at radius 1 is 1.30 bits per heavy atom. The third-order valence-electron chi connectivity index (χ3n) is 2.97. The van der Waals surface area contributed by atoms with Crippen LogP contribution in [0.25, 0.3) is 0 Å². The molecular formula is C14H12BrClFIN2. The molecule has 0 spiro atoms. The van der Waals surface area contributed by atoms with Gasteiger partial charge in [0, 0.05) is 13.1 Å². The molecule has 2 aromatic carbocycles. The first-order chi connectivity index (χ1) is 9.51. The summed E-state index contributed by atoms with van der Waals surface area (Å²) in [5, 5.41) is 0.635. The molecule has 0 bridgehead atoms. The minimum atomic E-state index is -0.245. The Morgan fingerprint density at radius 2 is 2.05 bits per heavy atom. The van der Waals surface area contributed by atoms with Crippen molar-refractivity contribution in [2.75, 3.05) is 0 Å².